The molecule has 0 saturated carbocycles. The Morgan fingerprint density at radius 3 is 2.00 bits per heavy atom. The van der Waals surface area contributed by atoms with Crippen molar-refractivity contribution >= 4 is 21.7 Å². The lowest BCUT2D eigenvalue weighted by atomic mass is 10.2. The van der Waals surface area contributed by atoms with E-state index in [0.29, 0.717) is 0 Å². The number of aliphatic hydroxyl groups excluding tert-OH is 1. The van der Waals surface area contributed by atoms with Gasteiger partial charge in [-0.1, -0.05) is 0 Å². The van der Waals surface area contributed by atoms with E-state index in [9.17, 15) is 8.42 Å². The van der Waals surface area contributed by atoms with Gasteiger partial charge in [0.05, 0.1) is 6.61 Å². The molecule has 0 radical (unpaired) electrons. The standard InChI is InChI=1S/C4H9ClO4S/c1-4(2-5,3-6)10(7,8)9/h6H,2-3H2,1H3,(H,7,8,9). The van der Waals surface area contributed by atoms with Crippen molar-refractivity contribution in [1.82, 2.24) is 0 Å². The Hall–Kier alpha value is 0.160. The van der Waals surface area contributed by atoms with E-state index in [4.69, 9.17) is 21.3 Å². The van der Waals surface area contributed by atoms with Crippen LogP contribution in [0, 0.1) is 0 Å². The summed E-state index contributed by atoms with van der Waals surface area (Å²) in [4.78, 5) is 0. The van der Waals surface area contributed by atoms with Crippen LogP contribution < -0.4 is 0 Å². The van der Waals surface area contributed by atoms with Crippen LogP contribution in [0.25, 0.3) is 0 Å². The van der Waals surface area contributed by atoms with Crippen LogP contribution in [0.4, 0.5) is 0 Å². The molecule has 10 heavy (non-hydrogen) atoms. The molecule has 0 heterocycles. The largest absolute Gasteiger partial charge is 0.395 e. The molecule has 0 aromatic carbocycles. The van der Waals surface area contributed by atoms with Crippen molar-refractivity contribution in [1.29, 1.82) is 0 Å². The summed E-state index contributed by atoms with van der Waals surface area (Å²) in [5.74, 6) is -0.331. The van der Waals surface area contributed by atoms with Gasteiger partial charge in [0.1, 0.15) is 4.75 Å². The maximum Gasteiger partial charge on any atom is 0.273 e. The van der Waals surface area contributed by atoms with Gasteiger partial charge in [0.25, 0.3) is 10.1 Å². The number of rotatable bonds is 3. The van der Waals surface area contributed by atoms with Crippen LogP contribution in [0.5, 0.6) is 0 Å². The molecule has 2 N–H and O–H groups in total. The van der Waals surface area contributed by atoms with E-state index in [1.807, 2.05) is 0 Å². The van der Waals surface area contributed by atoms with Crippen LogP contribution in [-0.2, 0) is 10.1 Å². The second-order valence-electron chi connectivity index (χ2n) is 2.22. The summed E-state index contributed by atoms with van der Waals surface area (Å²) in [7, 11) is -4.25. The Morgan fingerprint density at radius 2 is 2.00 bits per heavy atom. The molecule has 6 heteroatoms. The van der Waals surface area contributed by atoms with E-state index in [1.54, 1.807) is 0 Å². The summed E-state index contributed by atoms with van der Waals surface area (Å²) in [5.41, 5.74) is 0. The first-order valence-corrected chi connectivity index (χ1v) is 4.49. The predicted molar refractivity (Wildman–Crippen MR) is 37.8 cm³/mol. The maximum absolute atomic E-state index is 10.4. The minimum Gasteiger partial charge on any atom is -0.395 e. The molecule has 0 spiro atoms. The van der Waals surface area contributed by atoms with Gasteiger partial charge >= 0.3 is 0 Å². The van der Waals surface area contributed by atoms with E-state index in [-0.39, 0.29) is 5.88 Å². The lowest BCUT2D eigenvalue weighted by Gasteiger charge is -2.19. The van der Waals surface area contributed by atoms with E-state index >= 15 is 0 Å². The summed E-state index contributed by atoms with van der Waals surface area (Å²) in [6.45, 7) is 0.477. The smallest absolute Gasteiger partial charge is 0.273 e. The number of alkyl halides is 1. The minimum absolute atomic E-state index is 0.331. The fourth-order valence-electron chi connectivity index (χ4n) is 0.193. The van der Waals surface area contributed by atoms with Crippen LogP contribution in [-0.4, -0.2) is 35.3 Å². The molecule has 0 fully saturated rings. The van der Waals surface area contributed by atoms with Gasteiger partial charge in [-0.3, -0.25) is 4.55 Å². The molecule has 1 unspecified atom stereocenters. The highest BCUT2D eigenvalue weighted by Crippen LogP contribution is 2.16. The van der Waals surface area contributed by atoms with E-state index in [2.05, 4.69) is 0 Å². The first-order valence-electron chi connectivity index (χ1n) is 2.51. The van der Waals surface area contributed by atoms with E-state index in [1.165, 1.54) is 0 Å². The summed E-state index contributed by atoms with van der Waals surface area (Å²) in [6.07, 6.45) is 0. The van der Waals surface area contributed by atoms with Crippen molar-refractivity contribution in [2.75, 3.05) is 12.5 Å². The van der Waals surface area contributed by atoms with Gasteiger partial charge in [-0.2, -0.15) is 8.42 Å². The first kappa shape index (κ1) is 10.2. The lowest BCUT2D eigenvalue weighted by Crippen LogP contribution is -2.40. The fraction of sp³-hybridized carbons (Fsp3) is 1.00. The zero-order valence-electron chi connectivity index (χ0n) is 5.41. The van der Waals surface area contributed by atoms with Crippen molar-refractivity contribution in [3.8, 4) is 0 Å². The molecule has 0 aliphatic rings. The van der Waals surface area contributed by atoms with E-state index in [0.717, 1.165) is 6.92 Å². The average molecular weight is 189 g/mol. The van der Waals surface area contributed by atoms with Crippen LogP contribution in [0.15, 0.2) is 0 Å². The van der Waals surface area contributed by atoms with Crippen molar-refractivity contribution in [2.24, 2.45) is 0 Å². The van der Waals surface area contributed by atoms with Gasteiger partial charge in [-0.25, -0.2) is 0 Å². The second kappa shape index (κ2) is 3.04. The zero-order valence-corrected chi connectivity index (χ0v) is 6.98. The summed E-state index contributed by atoms with van der Waals surface area (Å²) in [6, 6.07) is 0. The van der Waals surface area contributed by atoms with Gasteiger partial charge in [-0.05, 0) is 6.92 Å². The van der Waals surface area contributed by atoms with Crippen molar-refractivity contribution < 1.29 is 18.1 Å². The third-order valence-electron chi connectivity index (χ3n) is 1.24. The zero-order chi connectivity index (χ0) is 8.41. The van der Waals surface area contributed by atoms with E-state index < -0.39 is 21.5 Å². The lowest BCUT2D eigenvalue weighted by molar-refractivity contribution is 0.251. The predicted octanol–water partition coefficient (Wildman–Crippen LogP) is -0.136. The van der Waals surface area contributed by atoms with Crippen molar-refractivity contribution in [3.05, 3.63) is 0 Å². The van der Waals surface area contributed by atoms with Crippen LogP contribution in [0.3, 0.4) is 0 Å². The molecule has 0 aromatic rings. The van der Waals surface area contributed by atoms with Gasteiger partial charge in [0.15, 0.2) is 0 Å². The summed E-state index contributed by atoms with van der Waals surface area (Å²) < 4.78 is 27.7. The van der Waals surface area contributed by atoms with Gasteiger partial charge in [0.2, 0.25) is 0 Å². The number of halogens is 1. The molecule has 1 atom stereocenters. The summed E-state index contributed by atoms with van der Waals surface area (Å²) in [5, 5.41) is 8.50. The van der Waals surface area contributed by atoms with Gasteiger partial charge < -0.3 is 5.11 Å². The monoisotopic (exact) mass is 188 g/mol. The highest BCUT2D eigenvalue weighted by Gasteiger charge is 2.36. The third kappa shape index (κ3) is 1.82. The van der Waals surface area contributed by atoms with Crippen LogP contribution in [0.2, 0.25) is 0 Å². The topological polar surface area (TPSA) is 74.6 Å². The number of hydrogen-bond donors (Lipinski definition) is 2. The molecule has 0 aromatic heterocycles. The number of hydrogen-bond acceptors (Lipinski definition) is 3. The van der Waals surface area contributed by atoms with Crippen molar-refractivity contribution in [2.45, 2.75) is 11.7 Å². The maximum atomic E-state index is 10.4. The fourth-order valence-corrected chi connectivity index (χ4v) is 0.992. The molecule has 0 rings (SSSR count). The van der Waals surface area contributed by atoms with Crippen molar-refractivity contribution in [3.63, 3.8) is 0 Å². The summed E-state index contributed by atoms with van der Waals surface area (Å²) >= 11 is 5.19. The molecule has 0 aliphatic heterocycles. The minimum atomic E-state index is -4.25. The quantitative estimate of drug-likeness (QED) is 0.478. The average Bonchev–Trinajstić information content (AvgIpc) is 1.84. The SMILES string of the molecule is CC(CO)(CCl)S(=O)(=O)O. The van der Waals surface area contributed by atoms with Crippen LogP contribution in [0.1, 0.15) is 6.92 Å². The molecule has 4 nitrogen and oxygen atoms in total. The molecule has 0 aliphatic carbocycles. The van der Waals surface area contributed by atoms with Gasteiger partial charge in [-0.15, -0.1) is 11.6 Å². The number of aliphatic hydroxyl groups is 1. The normalized spacial score (nSPS) is 18.4. The van der Waals surface area contributed by atoms with Crippen LogP contribution >= 0.6 is 11.6 Å². The molecular formula is C4H9ClO4S. The molecule has 62 valence electrons. The molecule has 0 saturated heterocycles. The third-order valence-corrected chi connectivity index (χ3v) is 3.51. The Kier molecular flexibility index (Phi) is 3.09. The molecular weight excluding hydrogens is 180 g/mol. The Morgan fingerprint density at radius 1 is 1.60 bits per heavy atom. The van der Waals surface area contributed by atoms with Gasteiger partial charge in [0, 0.05) is 5.88 Å². The highest BCUT2D eigenvalue weighted by molar-refractivity contribution is 7.87. The Bertz CT molecular complexity index is 193. The Labute approximate surface area is 64.6 Å². The highest BCUT2D eigenvalue weighted by atomic mass is 35.5. The second-order valence-corrected chi connectivity index (χ2v) is 4.42. The molecule has 0 amide bonds. The molecule has 0 bridgehead atoms. The Balaban J connectivity index is 4.68. The first-order chi connectivity index (χ1) is 4.37.